The van der Waals surface area contributed by atoms with Crippen molar-refractivity contribution in [3.63, 3.8) is 0 Å². The Morgan fingerprint density at radius 3 is 3.00 bits per heavy atom. The molecule has 2 rings (SSSR count). The normalized spacial score (nSPS) is 12.8. The van der Waals surface area contributed by atoms with Crippen molar-refractivity contribution in [2.24, 2.45) is 5.73 Å². The molecule has 2 N–H and O–H groups in total. The van der Waals surface area contributed by atoms with Crippen molar-refractivity contribution in [3.05, 3.63) is 35.1 Å². The van der Waals surface area contributed by atoms with Crippen LogP contribution < -0.4 is 5.73 Å². The maximum absolute atomic E-state index is 13.7. The molecule has 5 nitrogen and oxygen atoms in total. The van der Waals surface area contributed by atoms with Crippen molar-refractivity contribution in [2.45, 2.75) is 13.0 Å². The topological polar surface area (TPSA) is 69.6 Å². The number of hydrogen-bond acceptors (Lipinski definition) is 4. The van der Waals surface area contributed by atoms with Gasteiger partial charge in [-0.25, -0.2) is 14.1 Å². The lowest BCUT2D eigenvalue weighted by atomic mass is 10.2. The van der Waals surface area contributed by atoms with Crippen LogP contribution in [0.1, 0.15) is 18.7 Å². The Morgan fingerprint density at radius 1 is 1.56 bits per heavy atom. The van der Waals surface area contributed by atoms with Crippen LogP contribution in [-0.2, 0) is 0 Å². The number of nitrogens with zero attached hydrogens (tertiary/aromatic N) is 4. The molecule has 0 radical (unpaired) electrons. The second-order valence-corrected chi connectivity index (χ2v) is 3.65. The fourth-order valence-corrected chi connectivity index (χ4v) is 1.47. The Balaban J connectivity index is 2.59. The quantitative estimate of drug-likeness (QED) is 0.809. The SMILES string of the molecule is CC(N)c1cnnn1-c1ccnc(Cl)c1F. The number of aromatic nitrogens is 4. The molecule has 0 fully saturated rings. The molecule has 7 heteroatoms. The highest BCUT2D eigenvalue weighted by molar-refractivity contribution is 6.29. The lowest BCUT2D eigenvalue weighted by molar-refractivity contribution is 0.591. The van der Waals surface area contributed by atoms with Crippen LogP contribution in [0.4, 0.5) is 4.39 Å². The van der Waals surface area contributed by atoms with Gasteiger partial charge in [0.2, 0.25) is 0 Å². The number of hydrogen-bond donors (Lipinski definition) is 1. The first kappa shape index (κ1) is 11.0. The van der Waals surface area contributed by atoms with Gasteiger partial charge in [-0.3, -0.25) is 0 Å². The summed E-state index contributed by atoms with van der Waals surface area (Å²) in [7, 11) is 0. The van der Waals surface area contributed by atoms with Gasteiger partial charge < -0.3 is 5.73 Å². The third-order valence-corrected chi connectivity index (χ3v) is 2.36. The van der Waals surface area contributed by atoms with Crippen molar-refractivity contribution in [1.29, 1.82) is 0 Å². The van der Waals surface area contributed by atoms with Gasteiger partial charge in [0.05, 0.1) is 11.9 Å². The molecule has 1 atom stereocenters. The summed E-state index contributed by atoms with van der Waals surface area (Å²) in [6.07, 6.45) is 2.88. The molecule has 2 heterocycles. The Bertz CT molecular complexity index is 510. The van der Waals surface area contributed by atoms with Gasteiger partial charge in [-0.15, -0.1) is 5.10 Å². The summed E-state index contributed by atoms with van der Waals surface area (Å²) in [6.45, 7) is 1.76. The highest BCUT2D eigenvalue weighted by Crippen LogP contribution is 2.20. The zero-order valence-electron chi connectivity index (χ0n) is 8.43. The minimum atomic E-state index is -0.642. The average molecular weight is 242 g/mol. The maximum Gasteiger partial charge on any atom is 0.186 e. The summed E-state index contributed by atoms with van der Waals surface area (Å²) in [6, 6.07) is 1.16. The first-order valence-corrected chi connectivity index (χ1v) is 4.95. The van der Waals surface area contributed by atoms with Crippen LogP contribution in [0.3, 0.4) is 0 Å². The summed E-state index contributed by atoms with van der Waals surface area (Å²) in [5.41, 5.74) is 6.50. The van der Waals surface area contributed by atoms with Gasteiger partial charge in [0.25, 0.3) is 0 Å². The summed E-state index contributed by atoms with van der Waals surface area (Å²) in [5.74, 6) is -0.642. The minimum Gasteiger partial charge on any atom is -0.323 e. The Labute approximate surface area is 96.0 Å². The number of rotatable bonds is 2. The van der Waals surface area contributed by atoms with E-state index < -0.39 is 5.82 Å². The molecule has 0 aromatic carbocycles. The van der Waals surface area contributed by atoms with Gasteiger partial charge in [0, 0.05) is 12.2 Å². The predicted molar refractivity (Wildman–Crippen MR) is 56.7 cm³/mol. The molecule has 0 aliphatic heterocycles. The van der Waals surface area contributed by atoms with Crippen LogP contribution in [0.2, 0.25) is 5.15 Å². The molecule has 0 saturated carbocycles. The standard InChI is InChI=1S/C9H9ClFN5/c1-5(12)7-4-14-15-16(7)6-2-3-13-9(10)8(6)11/h2-5H,12H2,1H3. The van der Waals surface area contributed by atoms with E-state index in [0.29, 0.717) is 5.69 Å². The van der Waals surface area contributed by atoms with E-state index in [0.717, 1.165) is 0 Å². The van der Waals surface area contributed by atoms with Crippen molar-refractivity contribution in [1.82, 2.24) is 20.0 Å². The second-order valence-electron chi connectivity index (χ2n) is 3.29. The first-order chi connectivity index (χ1) is 7.61. The van der Waals surface area contributed by atoms with Gasteiger partial charge in [-0.1, -0.05) is 16.8 Å². The molecule has 0 amide bonds. The van der Waals surface area contributed by atoms with Crippen LogP contribution in [-0.4, -0.2) is 20.0 Å². The smallest absolute Gasteiger partial charge is 0.186 e. The fourth-order valence-electron chi connectivity index (χ4n) is 1.31. The van der Waals surface area contributed by atoms with E-state index in [1.165, 1.54) is 23.1 Å². The van der Waals surface area contributed by atoms with E-state index in [-0.39, 0.29) is 16.9 Å². The lowest BCUT2D eigenvalue weighted by Crippen LogP contribution is -2.13. The number of nitrogens with two attached hydrogens (primary N) is 1. The predicted octanol–water partition coefficient (Wildman–Crippen LogP) is 1.47. The van der Waals surface area contributed by atoms with Crippen LogP contribution in [0.25, 0.3) is 5.69 Å². The molecule has 1 unspecified atom stereocenters. The summed E-state index contributed by atoms with van der Waals surface area (Å²) in [5, 5.41) is 7.26. The Hall–Kier alpha value is -1.53. The molecule has 2 aromatic rings. The first-order valence-electron chi connectivity index (χ1n) is 4.58. The van der Waals surface area contributed by atoms with Crippen molar-refractivity contribution in [3.8, 4) is 5.69 Å². The van der Waals surface area contributed by atoms with E-state index in [1.54, 1.807) is 6.92 Å². The molecule has 0 saturated heterocycles. The van der Waals surface area contributed by atoms with Gasteiger partial charge in [0.15, 0.2) is 11.0 Å². The van der Waals surface area contributed by atoms with Crippen LogP contribution in [0.15, 0.2) is 18.5 Å². The van der Waals surface area contributed by atoms with E-state index in [2.05, 4.69) is 15.3 Å². The van der Waals surface area contributed by atoms with E-state index in [9.17, 15) is 4.39 Å². The average Bonchev–Trinajstić information content (AvgIpc) is 2.70. The molecule has 0 aliphatic rings. The maximum atomic E-state index is 13.7. The zero-order valence-corrected chi connectivity index (χ0v) is 9.19. The summed E-state index contributed by atoms with van der Waals surface area (Å²) >= 11 is 5.58. The zero-order chi connectivity index (χ0) is 11.7. The Kier molecular flexibility index (Phi) is 2.84. The number of pyridine rings is 1. The molecule has 0 aliphatic carbocycles. The fraction of sp³-hybridized carbons (Fsp3) is 0.222. The third kappa shape index (κ3) is 1.77. The van der Waals surface area contributed by atoms with Gasteiger partial charge in [0.1, 0.15) is 5.69 Å². The van der Waals surface area contributed by atoms with Gasteiger partial charge >= 0.3 is 0 Å². The van der Waals surface area contributed by atoms with Gasteiger partial charge in [-0.2, -0.15) is 0 Å². The van der Waals surface area contributed by atoms with E-state index in [1.807, 2.05) is 0 Å². The molecule has 84 valence electrons. The molecule has 16 heavy (non-hydrogen) atoms. The van der Waals surface area contributed by atoms with Crippen LogP contribution >= 0.6 is 11.6 Å². The third-order valence-electron chi connectivity index (χ3n) is 2.10. The molecular formula is C9H9ClFN5. The minimum absolute atomic E-state index is 0.185. The molecule has 2 aromatic heterocycles. The summed E-state index contributed by atoms with van der Waals surface area (Å²) in [4.78, 5) is 3.62. The highest BCUT2D eigenvalue weighted by atomic mass is 35.5. The monoisotopic (exact) mass is 241 g/mol. The van der Waals surface area contributed by atoms with E-state index in [4.69, 9.17) is 17.3 Å². The van der Waals surface area contributed by atoms with Crippen molar-refractivity contribution < 1.29 is 4.39 Å². The largest absolute Gasteiger partial charge is 0.323 e. The van der Waals surface area contributed by atoms with E-state index >= 15 is 0 Å². The Morgan fingerprint density at radius 2 is 2.31 bits per heavy atom. The summed E-state index contributed by atoms with van der Waals surface area (Å²) < 4.78 is 15.0. The second kappa shape index (κ2) is 4.15. The number of halogens is 2. The molecule has 0 bridgehead atoms. The molecular weight excluding hydrogens is 233 g/mol. The lowest BCUT2D eigenvalue weighted by Gasteiger charge is -2.09. The van der Waals surface area contributed by atoms with Crippen LogP contribution in [0.5, 0.6) is 0 Å². The molecule has 0 spiro atoms. The highest BCUT2D eigenvalue weighted by Gasteiger charge is 2.15. The van der Waals surface area contributed by atoms with Crippen LogP contribution in [0, 0.1) is 5.82 Å². The van der Waals surface area contributed by atoms with Crippen molar-refractivity contribution in [2.75, 3.05) is 0 Å². The van der Waals surface area contributed by atoms with Crippen molar-refractivity contribution >= 4 is 11.6 Å². The van der Waals surface area contributed by atoms with Gasteiger partial charge in [-0.05, 0) is 13.0 Å².